The lowest BCUT2D eigenvalue weighted by atomic mass is 10.0. The van der Waals surface area contributed by atoms with E-state index in [-0.39, 0.29) is 0 Å². The van der Waals surface area contributed by atoms with Gasteiger partial charge >= 0.3 is 12.1 Å². The molecule has 0 spiro atoms. The molecular formula is C25H21F4N5O2. The molecule has 1 fully saturated rings. The van der Waals surface area contributed by atoms with Crippen LogP contribution in [0.1, 0.15) is 28.8 Å². The maximum atomic E-state index is 13.7. The van der Waals surface area contributed by atoms with E-state index in [0.717, 1.165) is 22.5 Å². The number of fused-ring (bicyclic) bond motifs is 1. The second-order valence-electron chi connectivity index (χ2n) is 8.58. The zero-order chi connectivity index (χ0) is 25.4. The molecule has 7 nitrogen and oxygen atoms in total. The molecule has 0 saturated carbocycles. The summed E-state index contributed by atoms with van der Waals surface area (Å²) in [6.07, 6.45) is -2.71. The van der Waals surface area contributed by atoms with Gasteiger partial charge in [-0.25, -0.2) is 9.18 Å². The van der Waals surface area contributed by atoms with Gasteiger partial charge in [0.15, 0.2) is 5.82 Å². The Bertz CT molecular complexity index is 1430. The second-order valence-corrected chi connectivity index (χ2v) is 8.58. The van der Waals surface area contributed by atoms with E-state index < -0.39 is 35.2 Å². The van der Waals surface area contributed by atoms with Gasteiger partial charge in [0.05, 0.1) is 16.8 Å². The van der Waals surface area contributed by atoms with Crippen molar-refractivity contribution in [2.75, 3.05) is 18.0 Å². The third-order valence-electron chi connectivity index (χ3n) is 6.21. The number of alkyl halides is 3. The Morgan fingerprint density at radius 3 is 2.42 bits per heavy atom. The van der Waals surface area contributed by atoms with E-state index in [9.17, 15) is 22.4 Å². The summed E-state index contributed by atoms with van der Waals surface area (Å²) in [7, 11) is 1.83. The summed E-state index contributed by atoms with van der Waals surface area (Å²) in [5.74, 6) is -1.43. The van der Waals surface area contributed by atoms with Gasteiger partial charge in [-0.05, 0) is 24.3 Å². The zero-order valence-electron chi connectivity index (χ0n) is 19.2. The van der Waals surface area contributed by atoms with Gasteiger partial charge < -0.3 is 9.64 Å². The van der Waals surface area contributed by atoms with Crippen molar-refractivity contribution in [2.24, 2.45) is 7.05 Å². The monoisotopic (exact) mass is 499 g/mol. The molecule has 1 aliphatic rings. The Balaban J connectivity index is 1.31. The molecule has 1 saturated heterocycles. The van der Waals surface area contributed by atoms with Crippen LogP contribution < -0.4 is 4.90 Å². The number of nitrogens with zero attached hydrogens (tertiary/aromatic N) is 5. The number of esters is 1. The number of carbonyl (C=O) groups excluding carboxylic acids is 1. The van der Waals surface area contributed by atoms with Crippen molar-refractivity contribution < 1.29 is 27.1 Å². The summed E-state index contributed by atoms with van der Waals surface area (Å²) in [4.78, 5) is 14.5. The van der Waals surface area contributed by atoms with Crippen LogP contribution in [0.2, 0.25) is 0 Å². The van der Waals surface area contributed by atoms with Crippen LogP contribution in [0.15, 0.2) is 54.7 Å². The van der Waals surface area contributed by atoms with Crippen molar-refractivity contribution in [1.29, 1.82) is 0 Å². The number of halogens is 4. The molecule has 2 aromatic carbocycles. The topological polar surface area (TPSA) is 73.1 Å². The SMILES string of the molecule is Cn1nccc1-c1nnc(N2CCC(OC(=O)c3cc(F)cc(C(F)(F)F)c3)CC2)c2ccccc12. The summed E-state index contributed by atoms with van der Waals surface area (Å²) >= 11 is 0. The number of carbonyl (C=O) groups is 1. The van der Waals surface area contributed by atoms with Gasteiger partial charge in [-0.2, -0.15) is 18.3 Å². The number of anilines is 1. The van der Waals surface area contributed by atoms with Crippen molar-refractivity contribution in [2.45, 2.75) is 25.1 Å². The van der Waals surface area contributed by atoms with E-state index in [1.807, 2.05) is 42.3 Å². The highest BCUT2D eigenvalue weighted by Gasteiger charge is 2.33. The van der Waals surface area contributed by atoms with Crippen LogP contribution in [0.3, 0.4) is 0 Å². The van der Waals surface area contributed by atoms with Crippen molar-refractivity contribution in [3.05, 3.63) is 71.7 Å². The molecule has 5 rings (SSSR count). The fourth-order valence-electron chi connectivity index (χ4n) is 4.39. The smallest absolute Gasteiger partial charge is 0.416 e. The first kappa shape index (κ1) is 23.7. The molecule has 0 N–H and O–H groups in total. The summed E-state index contributed by atoms with van der Waals surface area (Å²) in [5, 5.41) is 15.0. The first-order chi connectivity index (χ1) is 17.2. The lowest BCUT2D eigenvalue weighted by Gasteiger charge is -2.33. The number of piperidine rings is 1. The predicted octanol–water partition coefficient (Wildman–Crippen LogP) is 5.01. The molecular weight excluding hydrogens is 478 g/mol. The third-order valence-corrected chi connectivity index (χ3v) is 6.21. The van der Waals surface area contributed by atoms with Gasteiger partial charge in [-0.3, -0.25) is 4.68 Å². The van der Waals surface area contributed by atoms with E-state index in [2.05, 4.69) is 15.3 Å². The number of rotatable bonds is 4. The van der Waals surface area contributed by atoms with Crippen LogP contribution in [0.4, 0.5) is 23.4 Å². The van der Waals surface area contributed by atoms with E-state index in [0.29, 0.717) is 49.6 Å². The highest BCUT2D eigenvalue weighted by Crippen LogP contribution is 2.33. The fourth-order valence-corrected chi connectivity index (χ4v) is 4.39. The number of aryl methyl sites for hydroxylation is 1. The van der Waals surface area contributed by atoms with Gasteiger partial charge in [0.1, 0.15) is 17.6 Å². The first-order valence-corrected chi connectivity index (χ1v) is 11.3. The average Bonchev–Trinajstić information content (AvgIpc) is 3.28. The molecule has 2 aromatic heterocycles. The van der Waals surface area contributed by atoms with Crippen molar-refractivity contribution in [3.63, 3.8) is 0 Å². The second kappa shape index (κ2) is 9.21. The number of benzene rings is 2. The molecule has 186 valence electrons. The maximum Gasteiger partial charge on any atom is 0.416 e. The highest BCUT2D eigenvalue weighted by molar-refractivity contribution is 5.99. The molecule has 11 heteroatoms. The molecule has 4 aromatic rings. The van der Waals surface area contributed by atoms with E-state index in [4.69, 9.17) is 4.74 Å². The van der Waals surface area contributed by atoms with Crippen LogP contribution >= 0.6 is 0 Å². The summed E-state index contributed by atoms with van der Waals surface area (Å²) in [6, 6.07) is 11.3. The van der Waals surface area contributed by atoms with Gasteiger partial charge in [0, 0.05) is 49.9 Å². The zero-order valence-corrected chi connectivity index (χ0v) is 19.2. The van der Waals surface area contributed by atoms with Crippen LogP contribution in [0.5, 0.6) is 0 Å². The largest absolute Gasteiger partial charge is 0.459 e. The first-order valence-electron chi connectivity index (χ1n) is 11.3. The van der Waals surface area contributed by atoms with E-state index >= 15 is 0 Å². The number of hydrogen-bond acceptors (Lipinski definition) is 6. The van der Waals surface area contributed by atoms with E-state index in [1.165, 1.54) is 0 Å². The standard InChI is InChI=1S/C25H21F4N5O2/c1-33-21(6-9-30-33)22-19-4-2-3-5-20(19)23(32-31-22)34-10-7-18(8-11-34)36-24(35)15-12-16(25(27,28)29)14-17(26)13-15/h2-6,9,12-14,18H,7-8,10-11H2,1H3. The van der Waals surface area contributed by atoms with Gasteiger partial charge in [0.2, 0.25) is 0 Å². The van der Waals surface area contributed by atoms with Crippen LogP contribution in [-0.2, 0) is 18.0 Å². The molecule has 0 aliphatic carbocycles. The highest BCUT2D eigenvalue weighted by atomic mass is 19.4. The minimum atomic E-state index is -4.77. The van der Waals surface area contributed by atoms with Crippen LogP contribution in [0.25, 0.3) is 22.2 Å². The van der Waals surface area contributed by atoms with Gasteiger partial charge in [-0.1, -0.05) is 24.3 Å². The minimum absolute atomic E-state index is 0.347. The van der Waals surface area contributed by atoms with Gasteiger partial charge in [0.25, 0.3) is 0 Å². The van der Waals surface area contributed by atoms with Crippen LogP contribution in [0, 0.1) is 5.82 Å². The molecule has 0 atom stereocenters. The summed E-state index contributed by atoms with van der Waals surface area (Å²) in [6.45, 7) is 0.997. The Kier molecular flexibility index (Phi) is 6.07. The molecule has 0 unspecified atom stereocenters. The lowest BCUT2D eigenvalue weighted by molar-refractivity contribution is -0.137. The number of ether oxygens (including phenoxy) is 1. The average molecular weight is 499 g/mol. The van der Waals surface area contributed by atoms with Crippen molar-refractivity contribution >= 4 is 22.6 Å². The molecule has 0 bridgehead atoms. The normalized spacial score (nSPS) is 14.9. The predicted molar refractivity (Wildman–Crippen MR) is 124 cm³/mol. The van der Waals surface area contributed by atoms with Crippen LogP contribution in [-0.4, -0.2) is 45.1 Å². The van der Waals surface area contributed by atoms with E-state index in [1.54, 1.807) is 10.9 Å². The molecule has 0 radical (unpaired) electrons. The summed E-state index contributed by atoms with van der Waals surface area (Å²) < 4.78 is 59.7. The lowest BCUT2D eigenvalue weighted by Crippen LogP contribution is -2.38. The molecule has 0 amide bonds. The minimum Gasteiger partial charge on any atom is -0.459 e. The third kappa shape index (κ3) is 4.60. The molecule has 3 heterocycles. The summed E-state index contributed by atoms with van der Waals surface area (Å²) in [5.41, 5.74) is -0.148. The number of aromatic nitrogens is 4. The molecule has 1 aliphatic heterocycles. The van der Waals surface area contributed by atoms with Gasteiger partial charge in [-0.15, -0.1) is 10.2 Å². The Morgan fingerprint density at radius 1 is 1.03 bits per heavy atom. The Hall–Kier alpha value is -4.02. The Labute approximate surface area is 203 Å². The number of hydrogen-bond donors (Lipinski definition) is 0. The maximum absolute atomic E-state index is 13.7. The Morgan fingerprint density at radius 2 is 1.75 bits per heavy atom. The van der Waals surface area contributed by atoms with Crippen molar-refractivity contribution in [3.8, 4) is 11.4 Å². The quantitative estimate of drug-likeness (QED) is 0.290. The van der Waals surface area contributed by atoms with Crippen molar-refractivity contribution in [1.82, 2.24) is 20.0 Å². The molecule has 36 heavy (non-hydrogen) atoms. The fraction of sp³-hybridized carbons (Fsp3) is 0.280.